The number of ether oxygens (including phenoxy) is 2. The molecule has 3 rings (SSSR count). The molecule has 0 unspecified atom stereocenters. The van der Waals surface area contributed by atoms with Crippen molar-refractivity contribution in [3.05, 3.63) is 83.7 Å². The van der Waals surface area contributed by atoms with E-state index in [1.807, 2.05) is 0 Å². The molecule has 12 heteroatoms. The lowest BCUT2D eigenvalue weighted by Gasteiger charge is -2.25. The number of morpholine rings is 1. The Hall–Kier alpha value is -3.38. The molecule has 0 saturated carbocycles. The largest absolute Gasteiger partial charge is 0.488 e. The fourth-order valence-corrected chi connectivity index (χ4v) is 4.73. The van der Waals surface area contributed by atoms with E-state index in [1.165, 1.54) is 23.2 Å². The monoisotopic (exact) mass is 572 g/mol. The van der Waals surface area contributed by atoms with Gasteiger partial charge < -0.3 is 19.7 Å². The van der Waals surface area contributed by atoms with Crippen LogP contribution < -0.4 is 10.1 Å². The molecule has 1 N–H and O–H groups in total. The lowest BCUT2D eigenvalue weighted by molar-refractivity contribution is -0.163. The predicted molar refractivity (Wildman–Crippen MR) is 136 cm³/mol. The molecule has 0 spiro atoms. The molecular formula is C27H26F6N2O3S. The summed E-state index contributed by atoms with van der Waals surface area (Å²) in [5.41, 5.74) is -3.71. The molecule has 210 valence electrons. The van der Waals surface area contributed by atoms with E-state index in [-0.39, 0.29) is 43.6 Å². The molecule has 0 aliphatic carbocycles. The second-order valence-electron chi connectivity index (χ2n) is 8.37. The number of para-hydroxylation sites is 1. The summed E-state index contributed by atoms with van der Waals surface area (Å²) in [6.07, 6.45) is -6.00. The molecule has 2 aromatic rings. The average molecular weight is 573 g/mol. The molecule has 1 aliphatic heterocycles. The highest BCUT2D eigenvalue weighted by molar-refractivity contribution is 7.99. The molecule has 0 aromatic heterocycles. The molecule has 1 amide bonds. The lowest BCUT2D eigenvalue weighted by atomic mass is 9.99. The highest BCUT2D eigenvalue weighted by Gasteiger charge is 2.46. The van der Waals surface area contributed by atoms with Crippen LogP contribution in [0.25, 0.3) is 6.08 Å². The number of alkyl halides is 6. The average Bonchev–Trinajstić information content (AvgIpc) is 2.89. The number of rotatable bonds is 9. The maximum Gasteiger partial charge on any atom is 0.418 e. The maximum atomic E-state index is 14.2. The minimum atomic E-state index is -5.35. The van der Waals surface area contributed by atoms with Crippen molar-refractivity contribution in [3.8, 4) is 5.75 Å². The lowest BCUT2D eigenvalue weighted by Crippen LogP contribution is -2.39. The normalized spacial score (nSPS) is 14.9. The van der Waals surface area contributed by atoms with Crippen molar-refractivity contribution in [3.63, 3.8) is 0 Å². The van der Waals surface area contributed by atoms with Crippen LogP contribution in [0.1, 0.15) is 23.6 Å². The number of hydrogen-bond donors (Lipinski definition) is 1. The van der Waals surface area contributed by atoms with E-state index in [4.69, 9.17) is 9.47 Å². The highest BCUT2D eigenvalue weighted by atomic mass is 32.2. The van der Waals surface area contributed by atoms with Gasteiger partial charge in [0.1, 0.15) is 12.4 Å². The summed E-state index contributed by atoms with van der Waals surface area (Å²) < 4.78 is 95.8. The van der Waals surface area contributed by atoms with Gasteiger partial charge in [0.25, 0.3) is 0 Å². The minimum Gasteiger partial charge on any atom is -0.488 e. The first-order chi connectivity index (χ1) is 18.4. The van der Waals surface area contributed by atoms with Gasteiger partial charge in [0.05, 0.1) is 29.2 Å². The highest BCUT2D eigenvalue weighted by Crippen LogP contribution is 2.49. The number of benzene rings is 2. The van der Waals surface area contributed by atoms with Crippen molar-refractivity contribution in [2.45, 2.75) is 29.1 Å². The molecule has 1 saturated heterocycles. The van der Waals surface area contributed by atoms with Gasteiger partial charge in [-0.25, -0.2) is 0 Å². The van der Waals surface area contributed by atoms with Crippen molar-refractivity contribution in [2.24, 2.45) is 0 Å². The topological polar surface area (TPSA) is 50.8 Å². The number of nitrogens with one attached hydrogen (secondary N) is 1. The first kappa shape index (κ1) is 30.2. The molecule has 0 radical (unpaired) electrons. The van der Waals surface area contributed by atoms with Gasteiger partial charge in [0.15, 0.2) is 0 Å². The van der Waals surface area contributed by atoms with Gasteiger partial charge in [-0.15, -0.1) is 0 Å². The van der Waals surface area contributed by atoms with E-state index in [0.29, 0.717) is 11.8 Å². The Morgan fingerprint density at radius 2 is 1.72 bits per heavy atom. The van der Waals surface area contributed by atoms with Crippen LogP contribution in [-0.2, 0) is 21.9 Å². The first-order valence-electron chi connectivity index (χ1n) is 11.7. The van der Waals surface area contributed by atoms with Crippen LogP contribution in [-0.4, -0.2) is 43.7 Å². The van der Waals surface area contributed by atoms with Crippen LogP contribution in [0.3, 0.4) is 0 Å². The van der Waals surface area contributed by atoms with Gasteiger partial charge in [-0.05, 0) is 48.5 Å². The molecule has 39 heavy (non-hydrogen) atoms. The van der Waals surface area contributed by atoms with Gasteiger partial charge in [-0.1, -0.05) is 36.5 Å². The minimum absolute atomic E-state index is 0.0826. The Balaban J connectivity index is 2.00. The molecular weight excluding hydrogens is 546 g/mol. The molecule has 1 fully saturated rings. The Morgan fingerprint density at radius 1 is 1.05 bits per heavy atom. The zero-order chi connectivity index (χ0) is 28.6. The summed E-state index contributed by atoms with van der Waals surface area (Å²) >= 11 is 0.514. The van der Waals surface area contributed by atoms with Crippen molar-refractivity contribution in [2.75, 3.05) is 32.9 Å². The summed E-state index contributed by atoms with van der Waals surface area (Å²) in [6.45, 7) is 6.35. The SMILES string of the molecule is C=CN/C=C(\C)COc1ccccc1Sc1ccc(/C=C/C(=O)N2CCOCC2)c(C(F)(F)F)c1C(F)(F)F. The number of halogens is 6. The number of nitrogens with zero attached hydrogens (tertiary/aromatic N) is 1. The van der Waals surface area contributed by atoms with Gasteiger partial charge in [-0.3, -0.25) is 4.79 Å². The van der Waals surface area contributed by atoms with E-state index in [1.54, 1.807) is 25.3 Å². The van der Waals surface area contributed by atoms with Crippen LogP contribution in [0.5, 0.6) is 5.75 Å². The first-order valence-corrected chi connectivity index (χ1v) is 12.5. The zero-order valence-electron chi connectivity index (χ0n) is 20.9. The fourth-order valence-electron chi connectivity index (χ4n) is 3.67. The molecule has 0 atom stereocenters. The van der Waals surface area contributed by atoms with Crippen LogP contribution in [0.15, 0.2) is 76.8 Å². The van der Waals surface area contributed by atoms with Crippen molar-refractivity contribution in [1.82, 2.24) is 10.2 Å². The third-order valence-electron chi connectivity index (χ3n) is 5.47. The van der Waals surface area contributed by atoms with E-state index in [0.717, 1.165) is 29.9 Å². The number of amides is 1. The number of hydrogen-bond acceptors (Lipinski definition) is 5. The van der Waals surface area contributed by atoms with E-state index in [2.05, 4.69) is 11.9 Å². The molecule has 2 aromatic carbocycles. The zero-order valence-corrected chi connectivity index (χ0v) is 21.7. The Morgan fingerprint density at radius 3 is 2.36 bits per heavy atom. The summed E-state index contributed by atoms with van der Waals surface area (Å²) in [4.78, 5) is 13.3. The van der Waals surface area contributed by atoms with Crippen LogP contribution in [0, 0.1) is 0 Å². The summed E-state index contributed by atoms with van der Waals surface area (Å²) in [5.74, 6) is -0.409. The van der Waals surface area contributed by atoms with Crippen LogP contribution in [0.2, 0.25) is 0 Å². The Bertz CT molecular complexity index is 1240. The van der Waals surface area contributed by atoms with Gasteiger partial charge >= 0.3 is 12.4 Å². The van der Waals surface area contributed by atoms with Crippen molar-refractivity contribution >= 4 is 23.7 Å². The molecule has 1 heterocycles. The summed E-state index contributed by atoms with van der Waals surface area (Å²) in [5, 5.41) is 2.77. The quantitative estimate of drug-likeness (QED) is 0.266. The van der Waals surface area contributed by atoms with Crippen molar-refractivity contribution < 1.29 is 40.6 Å². The van der Waals surface area contributed by atoms with Crippen LogP contribution >= 0.6 is 11.8 Å². The third-order valence-corrected chi connectivity index (χ3v) is 6.58. The van der Waals surface area contributed by atoms with E-state index < -0.39 is 39.8 Å². The Kier molecular flexibility index (Phi) is 10.1. The third kappa shape index (κ3) is 8.30. The summed E-state index contributed by atoms with van der Waals surface area (Å²) in [6, 6.07) is 8.03. The fraction of sp³-hybridized carbons (Fsp3) is 0.296. The smallest absolute Gasteiger partial charge is 0.418 e. The molecule has 1 aliphatic rings. The van der Waals surface area contributed by atoms with Crippen molar-refractivity contribution in [1.29, 1.82) is 0 Å². The van der Waals surface area contributed by atoms with E-state index >= 15 is 0 Å². The van der Waals surface area contributed by atoms with Gasteiger partial charge in [0.2, 0.25) is 5.91 Å². The number of carbonyl (C=O) groups excluding carboxylic acids is 1. The predicted octanol–water partition coefficient (Wildman–Crippen LogP) is 6.76. The standard InChI is InChI=1S/C27H26F6N2O3S/c1-3-34-16-18(2)17-38-20-6-4-5-7-21(20)39-22-10-8-19(9-11-23(36)35-12-14-37-15-13-35)24(26(28,29)30)25(22)27(31,32)33/h3-11,16,34H,1,12-15,17H2,2H3/b11-9+,18-16+. The Labute approximate surface area is 226 Å². The molecule has 0 bridgehead atoms. The van der Waals surface area contributed by atoms with Gasteiger partial charge in [0, 0.05) is 30.3 Å². The second kappa shape index (κ2) is 13.1. The second-order valence-corrected chi connectivity index (χ2v) is 9.45. The summed E-state index contributed by atoms with van der Waals surface area (Å²) in [7, 11) is 0. The maximum absolute atomic E-state index is 14.2. The van der Waals surface area contributed by atoms with Crippen LogP contribution in [0.4, 0.5) is 26.3 Å². The molecule has 5 nitrogen and oxygen atoms in total. The van der Waals surface area contributed by atoms with Gasteiger partial charge in [-0.2, -0.15) is 26.3 Å². The number of carbonyl (C=O) groups is 1. The van der Waals surface area contributed by atoms with E-state index in [9.17, 15) is 31.1 Å².